The van der Waals surface area contributed by atoms with Crippen LogP contribution in [0.2, 0.25) is 5.02 Å². The van der Waals surface area contributed by atoms with E-state index in [4.69, 9.17) is 16.3 Å². The number of esters is 1. The molecule has 1 amide bonds. The third-order valence-electron chi connectivity index (χ3n) is 5.65. The lowest BCUT2D eigenvalue weighted by atomic mass is 10.1. The smallest absolute Gasteiger partial charge is 0.338 e. The molecule has 1 heterocycles. The van der Waals surface area contributed by atoms with Crippen LogP contribution in [0.25, 0.3) is 0 Å². The zero-order chi connectivity index (χ0) is 21.6. The van der Waals surface area contributed by atoms with Crippen LogP contribution >= 0.6 is 11.6 Å². The highest BCUT2D eigenvalue weighted by Gasteiger charge is 2.29. The van der Waals surface area contributed by atoms with Crippen molar-refractivity contribution in [2.75, 3.05) is 19.7 Å². The Hall–Kier alpha value is -1.64. The highest BCUT2D eigenvalue weighted by molar-refractivity contribution is 7.89. The van der Waals surface area contributed by atoms with Crippen molar-refractivity contribution in [3.63, 3.8) is 0 Å². The zero-order valence-corrected chi connectivity index (χ0v) is 18.6. The second-order valence-corrected chi connectivity index (χ2v) is 10.3. The summed E-state index contributed by atoms with van der Waals surface area (Å²) in [5, 5.41) is 2.97. The average Bonchev–Trinajstić information content (AvgIpc) is 3.01. The number of sulfonamides is 1. The number of carbonyl (C=O) groups is 2. The van der Waals surface area contributed by atoms with E-state index in [1.54, 1.807) is 0 Å². The molecule has 1 aliphatic heterocycles. The predicted molar refractivity (Wildman–Crippen MR) is 114 cm³/mol. The van der Waals surface area contributed by atoms with Crippen molar-refractivity contribution in [2.45, 2.75) is 68.7 Å². The average molecular weight is 457 g/mol. The minimum Gasteiger partial charge on any atom is -0.452 e. The fourth-order valence-corrected chi connectivity index (χ4v) is 6.00. The molecule has 1 saturated carbocycles. The Morgan fingerprint density at radius 3 is 2.33 bits per heavy atom. The van der Waals surface area contributed by atoms with Gasteiger partial charge in [0.15, 0.2) is 6.61 Å². The third-order valence-corrected chi connectivity index (χ3v) is 8.03. The molecule has 1 aromatic rings. The van der Waals surface area contributed by atoms with Crippen LogP contribution in [0.1, 0.15) is 68.1 Å². The number of ether oxygens (including phenoxy) is 1. The number of piperidine rings is 1. The summed E-state index contributed by atoms with van der Waals surface area (Å²) in [6.07, 6.45) is 9.01. The number of halogens is 1. The van der Waals surface area contributed by atoms with Crippen LogP contribution in [0.5, 0.6) is 0 Å². The zero-order valence-electron chi connectivity index (χ0n) is 17.1. The van der Waals surface area contributed by atoms with Crippen molar-refractivity contribution in [2.24, 2.45) is 0 Å². The van der Waals surface area contributed by atoms with Crippen molar-refractivity contribution >= 4 is 33.5 Å². The first kappa shape index (κ1) is 23.0. The summed E-state index contributed by atoms with van der Waals surface area (Å²) in [7, 11) is -3.79. The molecule has 0 aromatic heterocycles. The van der Waals surface area contributed by atoms with E-state index in [2.05, 4.69) is 5.32 Å². The number of nitrogens with one attached hydrogen (secondary N) is 1. The van der Waals surface area contributed by atoms with Crippen LogP contribution in [-0.2, 0) is 19.6 Å². The molecule has 0 atom stereocenters. The number of rotatable bonds is 6. The van der Waals surface area contributed by atoms with Gasteiger partial charge in [0.2, 0.25) is 10.0 Å². The molecule has 9 heteroatoms. The quantitative estimate of drug-likeness (QED) is 0.522. The van der Waals surface area contributed by atoms with Gasteiger partial charge in [-0.1, -0.05) is 43.7 Å². The lowest BCUT2D eigenvalue weighted by molar-refractivity contribution is -0.125. The Balaban J connectivity index is 1.62. The van der Waals surface area contributed by atoms with Gasteiger partial charge in [-0.25, -0.2) is 13.2 Å². The molecule has 0 spiro atoms. The number of carbonyl (C=O) groups excluding carboxylic acids is 2. The van der Waals surface area contributed by atoms with E-state index < -0.39 is 22.6 Å². The predicted octanol–water partition coefficient (Wildman–Crippen LogP) is 3.51. The van der Waals surface area contributed by atoms with Crippen molar-refractivity contribution in [3.8, 4) is 0 Å². The molecule has 2 aliphatic rings. The summed E-state index contributed by atoms with van der Waals surface area (Å²) in [5.74, 6) is -1.09. The SMILES string of the molecule is O=C(COC(=O)c1ccc(Cl)c(S(=O)(=O)N2CCCCC2)c1)NC1CCCCCC1. The van der Waals surface area contributed by atoms with Gasteiger partial charge in [0.25, 0.3) is 5.91 Å². The molecular formula is C21H29ClN2O5S. The maximum Gasteiger partial charge on any atom is 0.338 e. The van der Waals surface area contributed by atoms with Gasteiger partial charge in [-0.15, -0.1) is 0 Å². The van der Waals surface area contributed by atoms with Gasteiger partial charge in [0.05, 0.1) is 10.6 Å². The minimum atomic E-state index is -3.79. The van der Waals surface area contributed by atoms with Crippen LogP contribution in [-0.4, -0.2) is 50.3 Å². The highest BCUT2D eigenvalue weighted by atomic mass is 35.5. The maximum absolute atomic E-state index is 12.9. The van der Waals surface area contributed by atoms with E-state index >= 15 is 0 Å². The summed E-state index contributed by atoms with van der Waals surface area (Å²) >= 11 is 6.13. The molecule has 1 N–H and O–H groups in total. The van der Waals surface area contributed by atoms with Crippen LogP contribution in [0.3, 0.4) is 0 Å². The van der Waals surface area contributed by atoms with E-state index in [1.165, 1.54) is 35.3 Å². The maximum atomic E-state index is 12.9. The van der Waals surface area contributed by atoms with Gasteiger partial charge in [0, 0.05) is 19.1 Å². The number of hydrogen-bond donors (Lipinski definition) is 1. The molecule has 30 heavy (non-hydrogen) atoms. The van der Waals surface area contributed by atoms with Crippen LogP contribution in [0.4, 0.5) is 0 Å². The van der Waals surface area contributed by atoms with Crippen molar-refractivity contribution in [3.05, 3.63) is 28.8 Å². The van der Waals surface area contributed by atoms with E-state index in [9.17, 15) is 18.0 Å². The van der Waals surface area contributed by atoms with Gasteiger partial charge in [-0.2, -0.15) is 4.31 Å². The topological polar surface area (TPSA) is 92.8 Å². The molecule has 1 aromatic carbocycles. The Labute approximate surface area is 183 Å². The Kier molecular flexibility index (Phi) is 8.13. The molecule has 0 radical (unpaired) electrons. The van der Waals surface area contributed by atoms with E-state index in [0.717, 1.165) is 44.9 Å². The third kappa shape index (κ3) is 5.95. The number of hydrogen-bond acceptors (Lipinski definition) is 5. The molecule has 3 rings (SSSR count). The Morgan fingerprint density at radius 1 is 1.03 bits per heavy atom. The summed E-state index contributed by atoms with van der Waals surface area (Å²) in [4.78, 5) is 24.4. The lowest BCUT2D eigenvalue weighted by Gasteiger charge is -2.26. The van der Waals surface area contributed by atoms with Crippen molar-refractivity contribution in [1.29, 1.82) is 0 Å². The minimum absolute atomic E-state index is 0.0530. The van der Waals surface area contributed by atoms with Gasteiger partial charge in [-0.3, -0.25) is 4.79 Å². The molecule has 166 valence electrons. The standard InChI is InChI=1S/C21H29ClN2O5S/c22-18-11-10-16(14-19(18)30(27,28)24-12-6-3-7-13-24)21(26)29-15-20(25)23-17-8-4-1-2-5-9-17/h10-11,14,17H,1-9,12-13,15H2,(H,23,25). The largest absolute Gasteiger partial charge is 0.452 e. The number of amides is 1. The molecule has 0 unspecified atom stereocenters. The molecule has 1 saturated heterocycles. The molecule has 7 nitrogen and oxygen atoms in total. The van der Waals surface area contributed by atoms with Crippen LogP contribution < -0.4 is 5.32 Å². The molecule has 0 bridgehead atoms. The monoisotopic (exact) mass is 456 g/mol. The second kappa shape index (κ2) is 10.6. The summed E-state index contributed by atoms with van der Waals surface area (Å²) in [6, 6.07) is 4.14. The van der Waals surface area contributed by atoms with Crippen LogP contribution in [0, 0.1) is 0 Å². The fraction of sp³-hybridized carbons (Fsp3) is 0.619. The van der Waals surface area contributed by atoms with Crippen molar-refractivity contribution < 1.29 is 22.7 Å². The van der Waals surface area contributed by atoms with Crippen molar-refractivity contribution in [1.82, 2.24) is 9.62 Å². The fourth-order valence-electron chi connectivity index (χ4n) is 3.98. The summed E-state index contributed by atoms with van der Waals surface area (Å²) in [5.41, 5.74) is 0.0530. The van der Waals surface area contributed by atoms with E-state index in [1.807, 2.05) is 0 Å². The first-order chi connectivity index (χ1) is 14.4. The molecule has 1 aliphatic carbocycles. The van der Waals surface area contributed by atoms with Gasteiger partial charge in [-0.05, 0) is 43.9 Å². The Morgan fingerprint density at radius 2 is 1.67 bits per heavy atom. The lowest BCUT2D eigenvalue weighted by Crippen LogP contribution is -2.37. The first-order valence-electron chi connectivity index (χ1n) is 10.6. The highest BCUT2D eigenvalue weighted by Crippen LogP contribution is 2.28. The van der Waals surface area contributed by atoms with Gasteiger partial charge < -0.3 is 10.1 Å². The van der Waals surface area contributed by atoms with Gasteiger partial charge >= 0.3 is 5.97 Å². The summed E-state index contributed by atoms with van der Waals surface area (Å²) in [6.45, 7) is 0.482. The van der Waals surface area contributed by atoms with E-state index in [-0.39, 0.29) is 27.4 Å². The number of benzene rings is 1. The van der Waals surface area contributed by atoms with Gasteiger partial charge in [0.1, 0.15) is 4.90 Å². The summed E-state index contributed by atoms with van der Waals surface area (Å²) < 4.78 is 32.4. The second-order valence-electron chi connectivity index (χ2n) is 7.94. The normalized spacial score (nSPS) is 19.1. The number of nitrogens with zero attached hydrogens (tertiary/aromatic N) is 1. The van der Waals surface area contributed by atoms with Crippen LogP contribution in [0.15, 0.2) is 23.1 Å². The van der Waals surface area contributed by atoms with E-state index in [0.29, 0.717) is 13.1 Å². The Bertz CT molecular complexity index is 860. The molecule has 2 fully saturated rings. The molecular weight excluding hydrogens is 428 g/mol. The first-order valence-corrected chi connectivity index (χ1v) is 12.5.